The number of oxazole rings is 1. The first-order valence-corrected chi connectivity index (χ1v) is 6.05. The fourth-order valence-corrected chi connectivity index (χ4v) is 1.81. The molecule has 0 bridgehead atoms. The number of benzene rings is 1. The molecule has 0 atom stereocenters. The molecule has 1 aromatic heterocycles. The monoisotopic (exact) mass is 329 g/mol. The SMILES string of the molecule is Cc1cnc(CNc2cc(F)c(Br)cc2[N+](=O)[O-])o1. The van der Waals surface area contributed by atoms with E-state index in [1.54, 1.807) is 6.92 Å². The van der Waals surface area contributed by atoms with Crippen LogP contribution in [0.25, 0.3) is 0 Å². The zero-order valence-electron chi connectivity index (χ0n) is 9.81. The summed E-state index contributed by atoms with van der Waals surface area (Å²) in [5.74, 6) is 0.417. The molecule has 8 heteroatoms. The van der Waals surface area contributed by atoms with Crippen molar-refractivity contribution in [1.29, 1.82) is 0 Å². The Morgan fingerprint density at radius 1 is 1.58 bits per heavy atom. The average molecular weight is 330 g/mol. The Balaban J connectivity index is 2.23. The Morgan fingerprint density at radius 2 is 2.32 bits per heavy atom. The van der Waals surface area contributed by atoms with Crippen molar-refractivity contribution in [3.63, 3.8) is 0 Å². The van der Waals surface area contributed by atoms with Crippen molar-refractivity contribution in [3.8, 4) is 0 Å². The number of hydrogen-bond donors (Lipinski definition) is 1. The van der Waals surface area contributed by atoms with Gasteiger partial charge >= 0.3 is 0 Å². The first-order valence-electron chi connectivity index (χ1n) is 5.26. The van der Waals surface area contributed by atoms with Crippen LogP contribution in [0.15, 0.2) is 27.2 Å². The van der Waals surface area contributed by atoms with Crippen molar-refractivity contribution in [1.82, 2.24) is 4.98 Å². The van der Waals surface area contributed by atoms with E-state index in [1.807, 2.05) is 0 Å². The van der Waals surface area contributed by atoms with Crippen molar-refractivity contribution in [2.75, 3.05) is 5.32 Å². The van der Waals surface area contributed by atoms with E-state index in [2.05, 4.69) is 26.2 Å². The third-order valence-electron chi connectivity index (χ3n) is 2.33. The zero-order chi connectivity index (χ0) is 14.0. The third kappa shape index (κ3) is 3.08. The number of nitro groups is 1. The number of nitro benzene ring substituents is 1. The summed E-state index contributed by atoms with van der Waals surface area (Å²) in [5, 5.41) is 13.6. The number of halogens is 2. The third-order valence-corrected chi connectivity index (χ3v) is 2.94. The van der Waals surface area contributed by atoms with Crippen LogP contribution in [0.3, 0.4) is 0 Å². The van der Waals surface area contributed by atoms with Crippen LogP contribution in [-0.4, -0.2) is 9.91 Å². The molecule has 0 amide bonds. The highest BCUT2D eigenvalue weighted by Crippen LogP contribution is 2.30. The quantitative estimate of drug-likeness (QED) is 0.686. The number of aromatic nitrogens is 1. The summed E-state index contributed by atoms with van der Waals surface area (Å²) in [5.41, 5.74) is -0.155. The van der Waals surface area contributed by atoms with Gasteiger partial charge in [-0.25, -0.2) is 9.37 Å². The summed E-state index contributed by atoms with van der Waals surface area (Å²) in [6.45, 7) is 1.87. The van der Waals surface area contributed by atoms with E-state index >= 15 is 0 Å². The Hall–Kier alpha value is -1.96. The van der Waals surface area contributed by atoms with Gasteiger partial charge < -0.3 is 9.73 Å². The molecule has 2 aromatic rings. The molecule has 0 saturated carbocycles. The molecule has 0 radical (unpaired) electrons. The van der Waals surface area contributed by atoms with Crippen LogP contribution in [0.1, 0.15) is 11.7 Å². The van der Waals surface area contributed by atoms with Crippen molar-refractivity contribution in [2.24, 2.45) is 0 Å². The van der Waals surface area contributed by atoms with Gasteiger partial charge in [-0.1, -0.05) is 0 Å². The maximum absolute atomic E-state index is 13.4. The van der Waals surface area contributed by atoms with Crippen molar-refractivity contribution >= 4 is 27.3 Å². The number of rotatable bonds is 4. The molecule has 0 fully saturated rings. The molecular weight excluding hydrogens is 321 g/mol. The van der Waals surface area contributed by atoms with E-state index in [0.717, 1.165) is 12.1 Å². The predicted octanol–water partition coefficient (Wildman–Crippen LogP) is 3.40. The van der Waals surface area contributed by atoms with Gasteiger partial charge in [0, 0.05) is 12.1 Å². The highest BCUT2D eigenvalue weighted by molar-refractivity contribution is 9.10. The number of aryl methyl sites for hydroxylation is 1. The van der Waals surface area contributed by atoms with Crippen molar-refractivity contribution < 1.29 is 13.7 Å². The van der Waals surface area contributed by atoms with Crippen LogP contribution in [0, 0.1) is 22.9 Å². The molecule has 1 aromatic carbocycles. The summed E-state index contributed by atoms with van der Waals surface area (Å²) in [6, 6.07) is 2.16. The van der Waals surface area contributed by atoms with Gasteiger partial charge in [-0.15, -0.1) is 0 Å². The second-order valence-corrected chi connectivity index (χ2v) is 4.61. The maximum atomic E-state index is 13.4. The molecule has 100 valence electrons. The summed E-state index contributed by atoms with van der Waals surface area (Å²) in [7, 11) is 0. The zero-order valence-corrected chi connectivity index (χ0v) is 11.4. The second-order valence-electron chi connectivity index (χ2n) is 3.76. The van der Waals surface area contributed by atoms with E-state index < -0.39 is 10.7 Å². The van der Waals surface area contributed by atoms with Gasteiger partial charge in [-0.3, -0.25) is 10.1 Å². The van der Waals surface area contributed by atoms with Crippen LogP contribution in [0.4, 0.5) is 15.8 Å². The molecule has 1 N–H and O–H groups in total. The molecule has 19 heavy (non-hydrogen) atoms. The molecule has 1 heterocycles. The van der Waals surface area contributed by atoms with Crippen LogP contribution >= 0.6 is 15.9 Å². The first-order chi connectivity index (χ1) is 8.97. The van der Waals surface area contributed by atoms with Gasteiger partial charge in [-0.2, -0.15) is 0 Å². The highest BCUT2D eigenvalue weighted by atomic mass is 79.9. The maximum Gasteiger partial charge on any atom is 0.293 e. The van der Waals surface area contributed by atoms with Gasteiger partial charge in [0.05, 0.1) is 22.1 Å². The van der Waals surface area contributed by atoms with Crippen LogP contribution < -0.4 is 5.32 Å². The topological polar surface area (TPSA) is 81.2 Å². The second kappa shape index (κ2) is 5.35. The molecule has 0 aliphatic carbocycles. The van der Waals surface area contributed by atoms with Gasteiger partial charge in [0.2, 0.25) is 5.89 Å². The van der Waals surface area contributed by atoms with E-state index in [4.69, 9.17) is 4.42 Å². The Labute approximate surface area is 115 Å². The van der Waals surface area contributed by atoms with Crippen LogP contribution in [0.5, 0.6) is 0 Å². The first kappa shape index (κ1) is 13.5. The minimum atomic E-state index is -0.590. The van der Waals surface area contributed by atoms with Crippen molar-refractivity contribution in [3.05, 3.63) is 50.4 Å². The number of nitrogens with zero attached hydrogens (tertiary/aromatic N) is 2. The minimum Gasteiger partial charge on any atom is -0.444 e. The molecular formula is C11H9BrFN3O3. The Morgan fingerprint density at radius 3 is 2.89 bits per heavy atom. The van der Waals surface area contributed by atoms with Gasteiger partial charge in [0.1, 0.15) is 17.3 Å². The molecule has 0 aliphatic heterocycles. The van der Waals surface area contributed by atoms with Gasteiger partial charge in [0.25, 0.3) is 5.69 Å². The van der Waals surface area contributed by atoms with Crippen LogP contribution in [-0.2, 0) is 6.54 Å². The molecule has 0 saturated heterocycles. The number of nitrogens with one attached hydrogen (secondary N) is 1. The fraction of sp³-hybridized carbons (Fsp3) is 0.182. The standard InChI is InChI=1S/C11H9BrFN3O3/c1-6-4-15-11(19-6)5-14-9-3-8(13)7(12)2-10(9)16(17)18/h2-4,14H,5H2,1H3. The molecule has 0 unspecified atom stereocenters. The smallest absolute Gasteiger partial charge is 0.293 e. The largest absolute Gasteiger partial charge is 0.444 e. The normalized spacial score (nSPS) is 10.5. The lowest BCUT2D eigenvalue weighted by Gasteiger charge is -2.06. The summed E-state index contributed by atoms with van der Waals surface area (Å²) >= 11 is 2.91. The fourth-order valence-electron chi connectivity index (χ4n) is 1.48. The summed E-state index contributed by atoms with van der Waals surface area (Å²) in [4.78, 5) is 14.2. The lowest BCUT2D eigenvalue weighted by Crippen LogP contribution is -2.03. The Kier molecular flexibility index (Phi) is 3.79. The highest BCUT2D eigenvalue weighted by Gasteiger charge is 2.17. The molecule has 2 rings (SSSR count). The molecule has 6 nitrogen and oxygen atoms in total. The van der Waals surface area contributed by atoms with E-state index in [9.17, 15) is 14.5 Å². The molecule has 0 spiro atoms. The van der Waals surface area contributed by atoms with Gasteiger partial charge in [0.15, 0.2) is 0 Å². The van der Waals surface area contributed by atoms with E-state index in [-0.39, 0.29) is 22.4 Å². The van der Waals surface area contributed by atoms with E-state index in [0.29, 0.717) is 11.7 Å². The average Bonchev–Trinajstić information content (AvgIpc) is 2.76. The minimum absolute atomic E-state index is 0.0386. The molecule has 0 aliphatic rings. The van der Waals surface area contributed by atoms with E-state index in [1.165, 1.54) is 6.20 Å². The number of hydrogen-bond acceptors (Lipinski definition) is 5. The Bertz CT molecular complexity index is 630. The predicted molar refractivity (Wildman–Crippen MR) is 69.3 cm³/mol. The summed E-state index contributed by atoms with van der Waals surface area (Å²) < 4.78 is 18.7. The number of anilines is 1. The van der Waals surface area contributed by atoms with Crippen molar-refractivity contribution in [2.45, 2.75) is 13.5 Å². The summed E-state index contributed by atoms with van der Waals surface area (Å²) in [6.07, 6.45) is 1.54. The van der Waals surface area contributed by atoms with Crippen LogP contribution in [0.2, 0.25) is 0 Å². The lowest BCUT2D eigenvalue weighted by molar-refractivity contribution is -0.384. The lowest BCUT2D eigenvalue weighted by atomic mass is 10.2. The van der Waals surface area contributed by atoms with Gasteiger partial charge in [-0.05, 0) is 22.9 Å².